The van der Waals surface area contributed by atoms with Crippen LogP contribution in [0.5, 0.6) is 0 Å². The first-order chi connectivity index (χ1) is 35.6. The van der Waals surface area contributed by atoms with Crippen molar-refractivity contribution in [3.8, 4) is 0 Å². The van der Waals surface area contributed by atoms with Crippen molar-refractivity contribution in [1.82, 2.24) is 35.2 Å². The van der Waals surface area contributed by atoms with Crippen LogP contribution in [0.4, 0.5) is 0 Å². The Morgan fingerprint density at radius 3 is 2.27 bits per heavy atom. The quantitative estimate of drug-likeness (QED) is 0.0334. The van der Waals surface area contributed by atoms with Crippen LogP contribution >= 0.6 is 11.8 Å². The third kappa shape index (κ3) is 17.0. The lowest BCUT2D eigenvalue weighted by molar-refractivity contribution is -0.144. The largest absolute Gasteiger partial charge is 0.480 e. The molecule has 3 heterocycles. The molecule has 0 radical (unpaired) electrons. The molecule has 0 saturated carbocycles. The monoisotopic (exact) mass is 1070 g/mol. The number of benzene rings is 1. The molecule has 1 aromatic carbocycles. The Bertz CT molecular complexity index is 2230. The van der Waals surface area contributed by atoms with Crippen molar-refractivity contribution in [3.63, 3.8) is 0 Å². The Labute approximate surface area is 447 Å². The number of fused-ring (bicyclic) bond motifs is 1. The molecule has 20 nitrogen and oxygen atoms in total. The van der Waals surface area contributed by atoms with Crippen molar-refractivity contribution in [1.29, 1.82) is 0 Å². The number of hydrogen-bond acceptors (Lipinski definition) is 14. The number of H-pyrrole nitrogens is 1. The Balaban J connectivity index is 1.35. The van der Waals surface area contributed by atoms with Gasteiger partial charge >= 0.3 is 5.97 Å². The van der Waals surface area contributed by atoms with Gasteiger partial charge in [0.25, 0.3) is 0 Å². The number of nitrogens with two attached hydrogens (primary N) is 2. The lowest BCUT2D eigenvalue weighted by Gasteiger charge is -2.41. The zero-order chi connectivity index (χ0) is 55.7. The third-order valence-corrected chi connectivity index (χ3v) is 16.6. The van der Waals surface area contributed by atoms with E-state index in [1.807, 2.05) is 77.0 Å². The number of carbonyl (C=O) groups excluding carboxylic acids is 7. The van der Waals surface area contributed by atoms with E-state index in [2.05, 4.69) is 20.5 Å². The number of aromatic amines is 1. The van der Waals surface area contributed by atoms with Gasteiger partial charge in [0.2, 0.25) is 35.4 Å². The molecule has 420 valence electrons. The molecule has 75 heavy (non-hydrogen) atoms. The molecule has 8 N–H and O–H groups in total. The van der Waals surface area contributed by atoms with Crippen LogP contribution in [0.3, 0.4) is 0 Å². The average molecular weight is 1070 g/mol. The van der Waals surface area contributed by atoms with Crippen molar-refractivity contribution < 1.29 is 52.9 Å². The zero-order valence-electron chi connectivity index (χ0n) is 46.0. The molecule has 0 bridgehead atoms. The summed E-state index contributed by atoms with van der Waals surface area (Å²) < 4.78 is 12.0. The Morgan fingerprint density at radius 1 is 0.947 bits per heavy atom. The highest BCUT2D eigenvalue weighted by atomic mass is 32.2. The number of imide groups is 1. The van der Waals surface area contributed by atoms with Crippen LogP contribution < -0.4 is 22.1 Å². The van der Waals surface area contributed by atoms with Crippen LogP contribution in [0, 0.1) is 23.7 Å². The Morgan fingerprint density at radius 2 is 1.64 bits per heavy atom. The molecule has 2 fully saturated rings. The second kappa shape index (κ2) is 30.1. The molecular weight excluding hydrogens is 983 g/mol. The smallest absolute Gasteiger partial charge is 0.321 e. The van der Waals surface area contributed by atoms with Gasteiger partial charge in [0, 0.05) is 76.0 Å². The highest BCUT2D eigenvalue weighted by molar-refractivity contribution is 8.00. The number of carboxylic acid groups (broad SMARTS) is 1. The zero-order valence-corrected chi connectivity index (χ0v) is 46.8. The second-order valence-electron chi connectivity index (χ2n) is 21.3. The molecule has 0 spiro atoms. The minimum Gasteiger partial charge on any atom is -0.480 e. The summed E-state index contributed by atoms with van der Waals surface area (Å²) in [5.41, 5.74) is 13.2. The molecule has 4 rings (SSSR count). The second-order valence-corrected chi connectivity index (χ2v) is 22.5. The van der Waals surface area contributed by atoms with Gasteiger partial charge in [-0.3, -0.25) is 48.3 Å². The van der Waals surface area contributed by atoms with E-state index in [9.17, 15) is 38.4 Å². The lowest BCUT2D eigenvalue weighted by atomic mass is 9.89. The Kier molecular flexibility index (Phi) is 25.1. The summed E-state index contributed by atoms with van der Waals surface area (Å²) >= 11 is 1.10. The molecular formula is C54H87N9O11S. The first-order valence-electron chi connectivity index (χ1n) is 26.7. The van der Waals surface area contributed by atoms with Gasteiger partial charge in [-0.2, -0.15) is 0 Å². The van der Waals surface area contributed by atoms with Crippen molar-refractivity contribution in [2.24, 2.45) is 35.1 Å². The number of aromatic nitrogens is 1. The number of aldehydes is 1. The number of nitrogens with zero attached hydrogens (tertiary/aromatic N) is 4. The number of likely N-dealkylation sites (N-methyl/N-ethyl adjacent to an activating group) is 2. The summed E-state index contributed by atoms with van der Waals surface area (Å²) in [4.78, 5) is 114. The topological polar surface area (TPSA) is 280 Å². The highest BCUT2D eigenvalue weighted by Crippen LogP contribution is 2.31. The van der Waals surface area contributed by atoms with Gasteiger partial charge in [0.1, 0.15) is 24.4 Å². The van der Waals surface area contributed by atoms with Crippen LogP contribution in [-0.2, 0) is 54.3 Å². The van der Waals surface area contributed by atoms with E-state index >= 15 is 0 Å². The summed E-state index contributed by atoms with van der Waals surface area (Å²) in [6, 6.07) is 3.63. The molecule has 2 aliphatic rings. The number of carbonyl (C=O) groups is 8. The number of unbranched alkanes of at least 4 members (excludes halogenated alkanes) is 3. The molecule has 11 atom stereocenters. The summed E-state index contributed by atoms with van der Waals surface area (Å²) in [5, 5.41) is 15.4. The molecule has 6 amide bonds. The number of thioether (sulfide) groups is 1. The average Bonchev–Trinajstić information content (AvgIpc) is 4.08. The van der Waals surface area contributed by atoms with Gasteiger partial charge < -0.3 is 51.4 Å². The third-order valence-electron chi connectivity index (χ3n) is 15.2. The van der Waals surface area contributed by atoms with Crippen molar-refractivity contribution >= 4 is 70.4 Å². The maximum Gasteiger partial charge on any atom is 0.321 e. The fraction of sp³-hybridized carbons (Fsp3) is 0.704. The van der Waals surface area contributed by atoms with E-state index in [0.29, 0.717) is 25.9 Å². The summed E-state index contributed by atoms with van der Waals surface area (Å²) in [7, 11) is 6.72. The van der Waals surface area contributed by atoms with E-state index < -0.39 is 65.5 Å². The number of nitrogens with one attached hydrogen (secondary N) is 3. The molecule has 2 saturated heterocycles. The maximum atomic E-state index is 14.7. The molecule has 1 aromatic heterocycles. The normalized spacial score (nSPS) is 19.9. The fourth-order valence-electron chi connectivity index (χ4n) is 11.0. The maximum absolute atomic E-state index is 14.7. The predicted octanol–water partition coefficient (Wildman–Crippen LogP) is 3.18. The van der Waals surface area contributed by atoms with Gasteiger partial charge in [-0.05, 0) is 88.2 Å². The standard InChI is InChI=1S/C54H87N9O11S/c1-32(2)45(59-51(68)46(33(3)4)60(7)23-15-11-12-16-25-63-44(65)29-43(52(63)69)75-31-38(55)54(71)72)53(70)61(8)47(42(73-9)22-27-64)34(5)21-26-62-24-17-20-41(62)48(74-10)35(6)50(67)58-40(49(56)66)28-36-30-57-39-19-14-13-18-37(36)39/h13-14,18-19,27,30,32-35,38,40-43,45-48,57H,11-12,15-17,20-26,28-29,31,55H2,1-10H3,(H2,56,66)(H,58,67)(H,59,68)(H,71,72)/t34-,35+,38-,40-,41-,42+,43?,45-,46-,47-,48+/m0/s1. The van der Waals surface area contributed by atoms with E-state index in [1.54, 1.807) is 26.0 Å². The van der Waals surface area contributed by atoms with Gasteiger partial charge in [0.15, 0.2) is 0 Å². The number of primary amides is 1. The summed E-state index contributed by atoms with van der Waals surface area (Å²) in [6.07, 6.45) is 7.03. The first kappa shape index (κ1) is 62.6. The first-order valence-corrected chi connectivity index (χ1v) is 27.7. The van der Waals surface area contributed by atoms with Crippen molar-refractivity contribution in [2.75, 3.05) is 60.2 Å². The molecule has 2 aliphatic heterocycles. The lowest BCUT2D eigenvalue weighted by Crippen LogP contribution is -2.59. The minimum atomic E-state index is -1.16. The van der Waals surface area contributed by atoms with Crippen LogP contribution in [0.25, 0.3) is 10.9 Å². The van der Waals surface area contributed by atoms with Gasteiger partial charge in [-0.15, -0.1) is 11.8 Å². The van der Waals surface area contributed by atoms with Crippen molar-refractivity contribution in [2.45, 2.75) is 159 Å². The van der Waals surface area contributed by atoms with E-state index in [4.69, 9.17) is 26.0 Å². The number of likely N-dealkylation sites (tertiary alicyclic amines) is 2. The Hall–Kier alpha value is -4.93. The highest BCUT2D eigenvalue weighted by Gasteiger charge is 2.42. The molecule has 21 heteroatoms. The summed E-state index contributed by atoms with van der Waals surface area (Å²) in [5.74, 6) is -4.39. The fourth-order valence-corrected chi connectivity index (χ4v) is 12.1. The number of methoxy groups -OCH3 is 2. The number of amides is 6. The number of para-hydroxylation sites is 1. The van der Waals surface area contributed by atoms with Crippen LogP contribution in [0.15, 0.2) is 30.5 Å². The van der Waals surface area contributed by atoms with Crippen LogP contribution in [-0.4, -0.2) is 191 Å². The van der Waals surface area contributed by atoms with E-state index in [1.165, 1.54) is 12.0 Å². The SMILES string of the molecule is CO[C@H]([C@@H](C)C(=O)N[C@@H](Cc1c[nH]c2ccccc12)C(N)=O)[C@@H]1CCCN1CC[C@H](C)[C@@H]([C@@H](CC=O)OC)N(C)C(=O)[C@@H](NC(=O)[C@H](C(C)C)N(C)CCCCCCN1C(=O)CC(SC[C@H](N)C(=O)O)C1=O)C(C)C. The number of ether oxygens (including phenoxy) is 2. The summed E-state index contributed by atoms with van der Waals surface area (Å²) in [6.45, 7) is 13.8. The van der Waals surface area contributed by atoms with Gasteiger partial charge in [-0.25, -0.2) is 0 Å². The number of aliphatic carboxylic acids is 1. The van der Waals surface area contributed by atoms with Gasteiger partial charge in [0.05, 0.1) is 35.5 Å². The minimum absolute atomic E-state index is 0.0331. The van der Waals surface area contributed by atoms with Crippen LogP contribution in [0.1, 0.15) is 105 Å². The number of hydrogen-bond donors (Lipinski definition) is 6. The van der Waals surface area contributed by atoms with Crippen LogP contribution in [0.2, 0.25) is 0 Å². The predicted molar refractivity (Wildman–Crippen MR) is 289 cm³/mol. The van der Waals surface area contributed by atoms with E-state index in [0.717, 1.165) is 73.2 Å². The van der Waals surface area contributed by atoms with E-state index in [-0.39, 0.29) is 84.9 Å². The molecule has 1 unspecified atom stereocenters. The number of carboxylic acids is 1. The number of rotatable bonds is 34. The van der Waals surface area contributed by atoms with Gasteiger partial charge in [-0.1, -0.05) is 72.6 Å². The molecule has 0 aliphatic carbocycles. The molecule has 2 aromatic rings. The van der Waals surface area contributed by atoms with Crippen molar-refractivity contribution in [3.05, 3.63) is 36.0 Å².